The molecule has 0 fully saturated rings. The van der Waals surface area contributed by atoms with E-state index in [1.54, 1.807) is 11.6 Å². The van der Waals surface area contributed by atoms with E-state index >= 15 is 0 Å². The summed E-state index contributed by atoms with van der Waals surface area (Å²) in [5, 5.41) is 24.5. The van der Waals surface area contributed by atoms with Crippen LogP contribution in [0.4, 0.5) is 0 Å². The van der Waals surface area contributed by atoms with Crippen LogP contribution in [0.3, 0.4) is 0 Å². The van der Waals surface area contributed by atoms with Crippen molar-refractivity contribution in [2.75, 3.05) is 0 Å². The zero-order valence-electron chi connectivity index (χ0n) is 8.87. The number of thiazole rings is 1. The highest BCUT2D eigenvalue weighted by molar-refractivity contribution is 7.07. The van der Waals surface area contributed by atoms with Crippen molar-refractivity contribution in [2.45, 2.75) is 6.42 Å². The predicted octanol–water partition coefficient (Wildman–Crippen LogP) is 1.46. The van der Waals surface area contributed by atoms with Crippen LogP contribution in [0.5, 0.6) is 11.5 Å². The molecule has 17 heavy (non-hydrogen) atoms. The van der Waals surface area contributed by atoms with Crippen molar-refractivity contribution in [2.24, 2.45) is 10.9 Å². The second kappa shape index (κ2) is 4.84. The van der Waals surface area contributed by atoms with Crippen molar-refractivity contribution in [3.8, 4) is 11.5 Å². The molecular weight excluding hydrogens is 238 g/mol. The molecule has 88 valence electrons. The molecule has 0 bridgehead atoms. The number of phenolic OH excluding ortho intramolecular Hbond substituents is 2. The van der Waals surface area contributed by atoms with Crippen molar-refractivity contribution in [1.82, 2.24) is 4.98 Å². The molecule has 0 amide bonds. The molecule has 0 saturated carbocycles. The van der Waals surface area contributed by atoms with E-state index in [0.717, 1.165) is 5.69 Å². The van der Waals surface area contributed by atoms with Gasteiger partial charge in [-0.1, -0.05) is 0 Å². The van der Waals surface area contributed by atoms with Gasteiger partial charge in [-0.2, -0.15) is 5.10 Å². The third kappa shape index (κ3) is 2.54. The van der Waals surface area contributed by atoms with Crippen molar-refractivity contribution >= 4 is 17.0 Å². The number of hydrazone groups is 1. The molecule has 0 unspecified atom stereocenters. The molecule has 0 spiro atoms. The molecule has 2 aromatic rings. The first-order valence-corrected chi connectivity index (χ1v) is 5.81. The first-order valence-electron chi connectivity index (χ1n) is 4.87. The summed E-state index contributed by atoms with van der Waals surface area (Å²) in [4.78, 5) is 4.13. The fraction of sp³-hybridized carbons (Fsp3) is 0.0909. The molecule has 1 aromatic carbocycles. The third-order valence-electron chi connectivity index (χ3n) is 2.28. The van der Waals surface area contributed by atoms with E-state index in [1.807, 2.05) is 5.38 Å². The van der Waals surface area contributed by atoms with Gasteiger partial charge >= 0.3 is 0 Å². The standard InChI is InChI=1S/C11H11N3O2S/c12-14-10(3-7-5-17-6-13-7)9-2-1-8(15)4-11(9)16/h1-2,4-6,15-16H,3,12H2/b14-10+. The summed E-state index contributed by atoms with van der Waals surface area (Å²) < 4.78 is 0. The van der Waals surface area contributed by atoms with Crippen LogP contribution in [0, 0.1) is 0 Å². The van der Waals surface area contributed by atoms with Crippen molar-refractivity contribution in [3.63, 3.8) is 0 Å². The van der Waals surface area contributed by atoms with E-state index < -0.39 is 0 Å². The first-order chi connectivity index (χ1) is 8.20. The van der Waals surface area contributed by atoms with Crippen molar-refractivity contribution < 1.29 is 10.2 Å². The number of hydrogen-bond donors (Lipinski definition) is 3. The van der Waals surface area contributed by atoms with Gasteiger partial charge in [-0.25, -0.2) is 4.98 Å². The molecule has 4 N–H and O–H groups in total. The second-order valence-corrected chi connectivity index (χ2v) is 4.15. The summed E-state index contributed by atoms with van der Waals surface area (Å²) >= 11 is 1.48. The van der Waals surface area contributed by atoms with Crippen LogP contribution in [0.15, 0.2) is 34.2 Å². The summed E-state index contributed by atoms with van der Waals surface area (Å²) in [6, 6.07) is 4.30. The van der Waals surface area contributed by atoms with Gasteiger partial charge in [0.1, 0.15) is 11.5 Å². The largest absolute Gasteiger partial charge is 0.508 e. The number of aromatic hydroxyl groups is 2. The van der Waals surface area contributed by atoms with Gasteiger partial charge in [0.25, 0.3) is 0 Å². The molecular formula is C11H11N3O2S. The van der Waals surface area contributed by atoms with Gasteiger partial charge in [0.2, 0.25) is 0 Å². The Balaban J connectivity index is 2.30. The zero-order chi connectivity index (χ0) is 12.3. The average Bonchev–Trinajstić information content (AvgIpc) is 2.79. The SMILES string of the molecule is N/N=C(\Cc1cscn1)c1ccc(O)cc1O. The summed E-state index contributed by atoms with van der Waals surface area (Å²) in [5.74, 6) is 5.26. The molecule has 6 heteroatoms. The van der Waals surface area contributed by atoms with E-state index in [9.17, 15) is 10.2 Å². The molecule has 5 nitrogen and oxygen atoms in total. The molecule has 0 saturated heterocycles. The molecule has 1 heterocycles. The number of benzene rings is 1. The number of rotatable bonds is 3. The van der Waals surface area contributed by atoms with Gasteiger partial charge in [0, 0.05) is 23.4 Å². The molecule has 0 atom stereocenters. The lowest BCUT2D eigenvalue weighted by molar-refractivity contribution is 0.450. The minimum absolute atomic E-state index is 0.00344. The fourth-order valence-corrected chi connectivity index (χ4v) is 2.03. The lowest BCUT2D eigenvalue weighted by atomic mass is 10.0. The Morgan fingerprint density at radius 2 is 2.24 bits per heavy atom. The van der Waals surface area contributed by atoms with Gasteiger partial charge in [0.05, 0.1) is 16.9 Å². The van der Waals surface area contributed by atoms with Crippen LogP contribution >= 0.6 is 11.3 Å². The van der Waals surface area contributed by atoms with Crippen LogP contribution in [0.25, 0.3) is 0 Å². The van der Waals surface area contributed by atoms with E-state index in [1.165, 1.54) is 23.5 Å². The van der Waals surface area contributed by atoms with Crippen LogP contribution in [-0.2, 0) is 6.42 Å². The molecule has 0 aliphatic rings. The van der Waals surface area contributed by atoms with E-state index in [0.29, 0.717) is 17.7 Å². The highest BCUT2D eigenvalue weighted by atomic mass is 32.1. The summed E-state index contributed by atoms with van der Waals surface area (Å²) in [6.45, 7) is 0. The Kier molecular flexibility index (Phi) is 3.24. The van der Waals surface area contributed by atoms with E-state index in [2.05, 4.69) is 10.1 Å². The van der Waals surface area contributed by atoms with Crippen LogP contribution in [0.2, 0.25) is 0 Å². The number of hydrogen-bond acceptors (Lipinski definition) is 6. The number of phenols is 2. The molecule has 0 radical (unpaired) electrons. The smallest absolute Gasteiger partial charge is 0.128 e. The van der Waals surface area contributed by atoms with Crippen molar-refractivity contribution in [3.05, 3.63) is 40.3 Å². The zero-order valence-corrected chi connectivity index (χ0v) is 9.68. The van der Waals surface area contributed by atoms with Crippen molar-refractivity contribution in [1.29, 1.82) is 0 Å². The Hall–Kier alpha value is -2.08. The minimum atomic E-state index is -0.0515. The van der Waals surface area contributed by atoms with E-state index in [4.69, 9.17) is 5.84 Å². The Morgan fingerprint density at radius 1 is 1.41 bits per heavy atom. The van der Waals surface area contributed by atoms with Gasteiger partial charge in [-0.15, -0.1) is 11.3 Å². The summed E-state index contributed by atoms with van der Waals surface area (Å²) in [7, 11) is 0. The maximum absolute atomic E-state index is 9.71. The number of nitrogens with zero attached hydrogens (tertiary/aromatic N) is 2. The second-order valence-electron chi connectivity index (χ2n) is 3.43. The Bertz CT molecular complexity index is 538. The summed E-state index contributed by atoms with van der Waals surface area (Å²) in [5.41, 5.74) is 3.58. The highest BCUT2D eigenvalue weighted by Gasteiger charge is 2.11. The monoisotopic (exact) mass is 249 g/mol. The Morgan fingerprint density at radius 3 is 2.82 bits per heavy atom. The van der Waals surface area contributed by atoms with Crippen LogP contribution in [0.1, 0.15) is 11.3 Å². The fourth-order valence-electron chi connectivity index (χ4n) is 1.47. The van der Waals surface area contributed by atoms with Gasteiger partial charge < -0.3 is 16.1 Å². The highest BCUT2D eigenvalue weighted by Crippen LogP contribution is 2.24. The first kappa shape index (κ1) is 11.4. The topological polar surface area (TPSA) is 91.7 Å². The molecule has 2 rings (SSSR count). The summed E-state index contributed by atoms with van der Waals surface area (Å²) in [6.07, 6.45) is 0.443. The number of nitrogens with two attached hydrogens (primary N) is 1. The molecule has 0 aliphatic heterocycles. The van der Waals surface area contributed by atoms with Gasteiger partial charge in [-0.3, -0.25) is 0 Å². The van der Waals surface area contributed by atoms with Gasteiger partial charge in [-0.05, 0) is 12.1 Å². The molecule has 0 aliphatic carbocycles. The molecule has 1 aromatic heterocycles. The normalized spacial score (nSPS) is 11.6. The average molecular weight is 249 g/mol. The Labute approximate surface area is 102 Å². The third-order valence-corrected chi connectivity index (χ3v) is 2.92. The quantitative estimate of drug-likeness (QED) is 0.436. The maximum Gasteiger partial charge on any atom is 0.128 e. The lowest BCUT2D eigenvalue weighted by Crippen LogP contribution is -2.08. The number of aromatic nitrogens is 1. The maximum atomic E-state index is 9.71. The van der Waals surface area contributed by atoms with Crippen LogP contribution in [-0.4, -0.2) is 20.9 Å². The van der Waals surface area contributed by atoms with Gasteiger partial charge in [0.15, 0.2) is 0 Å². The minimum Gasteiger partial charge on any atom is -0.508 e. The van der Waals surface area contributed by atoms with E-state index in [-0.39, 0.29) is 11.5 Å². The van der Waals surface area contributed by atoms with Crippen LogP contribution < -0.4 is 5.84 Å². The lowest BCUT2D eigenvalue weighted by Gasteiger charge is -2.06. The predicted molar refractivity (Wildman–Crippen MR) is 66.3 cm³/mol.